The second kappa shape index (κ2) is 16.6. The van der Waals surface area contributed by atoms with E-state index in [2.05, 4.69) is 14.9 Å². The number of piperazine rings is 1. The highest BCUT2D eigenvalue weighted by Crippen LogP contribution is 2.29. The van der Waals surface area contributed by atoms with Crippen LogP contribution in [-0.4, -0.2) is 68.7 Å². The van der Waals surface area contributed by atoms with Crippen LogP contribution in [0.3, 0.4) is 0 Å². The van der Waals surface area contributed by atoms with Crippen LogP contribution >= 0.6 is 0 Å². The Morgan fingerprint density at radius 3 is 2.17 bits per heavy atom. The van der Waals surface area contributed by atoms with Gasteiger partial charge in [-0.3, -0.25) is 24.5 Å². The maximum atomic E-state index is 14.6. The zero-order chi connectivity index (χ0) is 36.5. The van der Waals surface area contributed by atoms with Gasteiger partial charge < -0.3 is 9.80 Å². The molecular weight excluding hydrogens is 663 g/mol. The molecule has 0 unspecified atom stereocenters. The van der Waals surface area contributed by atoms with Crippen molar-refractivity contribution in [3.05, 3.63) is 161 Å². The predicted molar refractivity (Wildman–Crippen MR) is 195 cm³/mol. The lowest BCUT2D eigenvalue weighted by atomic mass is 10.0. The largest absolute Gasteiger partial charge is 0.416 e. The maximum absolute atomic E-state index is 14.6. The smallest absolute Gasteiger partial charge is 0.338 e. The molecule has 10 heteroatoms. The second-order valence-corrected chi connectivity index (χ2v) is 12.9. The minimum absolute atomic E-state index is 0.140. The first-order valence-electron chi connectivity index (χ1n) is 17.3. The summed E-state index contributed by atoms with van der Waals surface area (Å²) in [6, 6.07) is 32.8. The highest BCUT2D eigenvalue weighted by molar-refractivity contribution is 5.95. The van der Waals surface area contributed by atoms with Crippen LogP contribution in [0.25, 0.3) is 17.3 Å². The zero-order valence-electron chi connectivity index (χ0n) is 28.9. The summed E-state index contributed by atoms with van der Waals surface area (Å²) in [5.41, 5.74) is 5.06. The van der Waals surface area contributed by atoms with Gasteiger partial charge in [0.2, 0.25) is 11.8 Å². The Morgan fingerprint density at radius 2 is 1.52 bits per heavy atom. The van der Waals surface area contributed by atoms with Gasteiger partial charge >= 0.3 is 6.18 Å². The molecule has 2 aromatic heterocycles. The first-order chi connectivity index (χ1) is 25.1. The molecule has 2 amide bonds. The van der Waals surface area contributed by atoms with Gasteiger partial charge in [-0.2, -0.15) is 13.2 Å². The topological polar surface area (TPSA) is 69.6 Å². The third-order valence-corrected chi connectivity index (χ3v) is 9.16. The molecule has 3 aromatic carbocycles. The summed E-state index contributed by atoms with van der Waals surface area (Å²) in [5, 5.41) is 0. The number of alkyl halides is 3. The molecule has 52 heavy (non-hydrogen) atoms. The quantitative estimate of drug-likeness (QED) is 0.134. The molecule has 0 radical (unpaired) electrons. The summed E-state index contributed by atoms with van der Waals surface area (Å²) in [7, 11) is 0. The maximum Gasteiger partial charge on any atom is 0.416 e. The molecule has 7 nitrogen and oxygen atoms in total. The Hall–Kier alpha value is -5.61. The fourth-order valence-electron chi connectivity index (χ4n) is 6.32. The van der Waals surface area contributed by atoms with Gasteiger partial charge in [-0.05, 0) is 66.1 Å². The summed E-state index contributed by atoms with van der Waals surface area (Å²) in [5.74, 6) is -0.578. The van der Waals surface area contributed by atoms with Crippen LogP contribution in [0.1, 0.15) is 33.6 Å². The number of hydrogen-bond donors (Lipinski definition) is 0. The number of aryl methyl sites for hydroxylation is 1. The molecule has 1 aliphatic rings. The Balaban J connectivity index is 1.27. The first-order valence-corrected chi connectivity index (χ1v) is 17.3. The number of benzene rings is 3. The summed E-state index contributed by atoms with van der Waals surface area (Å²) < 4.78 is 39.5. The Kier molecular flexibility index (Phi) is 11.6. The highest BCUT2D eigenvalue weighted by atomic mass is 19.4. The van der Waals surface area contributed by atoms with Crippen LogP contribution < -0.4 is 0 Å². The molecule has 266 valence electrons. The van der Waals surface area contributed by atoms with E-state index in [1.54, 1.807) is 11.1 Å². The lowest BCUT2D eigenvalue weighted by molar-refractivity contribution is -0.145. The van der Waals surface area contributed by atoms with Gasteiger partial charge in [0, 0.05) is 69.2 Å². The molecule has 0 aliphatic carbocycles. The molecule has 0 bridgehead atoms. The number of rotatable bonds is 11. The summed E-state index contributed by atoms with van der Waals surface area (Å²) in [6.45, 7) is 5.11. The minimum Gasteiger partial charge on any atom is -0.338 e. The van der Waals surface area contributed by atoms with Crippen LogP contribution in [0.15, 0.2) is 128 Å². The van der Waals surface area contributed by atoms with Crippen molar-refractivity contribution in [3.63, 3.8) is 0 Å². The molecule has 1 aliphatic heterocycles. The SMILES string of the molecule is Cc1cccc(CN2CCN(C(=O)[C@H](Cc3ccccc3)N(Cc3ccc(-c4ccccn4)cc3)C(=O)C=Cc3ccc(C(F)(F)F)cc3)CC2)n1. The lowest BCUT2D eigenvalue weighted by Crippen LogP contribution is -2.56. The van der Waals surface area contributed by atoms with Crippen LogP contribution in [0.2, 0.25) is 0 Å². The molecule has 0 N–H and O–H groups in total. The zero-order valence-corrected chi connectivity index (χ0v) is 28.9. The van der Waals surface area contributed by atoms with Gasteiger partial charge in [-0.25, -0.2) is 0 Å². The van der Waals surface area contributed by atoms with E-state index >= 15 is 0 Å². The standard InChI is InChI=1S/C42H40F3N5O2/c1-31-8-7-11-37(47-31)30-48-24-26-49(27-25-48)41(52)39(28-33-9-3-2-4-10-33)50(29-34-13-18-35(19-14-34)38-12-5-6-23-46-38)40(51)22-17-32-15-20-36(21-16-32)42(43,44)45/h2-23,39H,24-30H2,1H3/t39-/m0/s1. The number of pyridine rings is 2. The van der Waals surface area contributed by atoms with Crippen LogP contribution in [0, 0.1) is 6.92 Å². The second-order valence-electron chi connectivity index (χ2n) is 12.9. The predicted octanol–water partition coefficient (Wildman–Crippen LogP) is 7.47. The molecule has 1 saturated heterocycles. The van der Waals surface area contributed by atoms with Crippen LogP contribution in [-0.2, 0) is 35.3 Å². The molecule has 6 rings (SSSR count). The van der Waals surface area contributed by atoms with Gasteiger partial charge in [0.25, 0.3) is 0 Å². The van der Waals surface area contributed by atoms with E-state index < -0.39 is 23.7 Å². The van der Waals surface area contributed by atoms with Crippen molar-refractivity contribution in [1.82, 2.24) is 24.7 Å². The third kappa shape index (κ3) is 9.58. The van der Waals surface area contributed by atoms with Crippen molar-refractivity contribution >= 4 is 17.9 Å². The monoisotopic (exact) mass is 703 g/mol. The summed E-state index contributed by atoms with van der Waals surface area (Å²) in [6.07, 6.45) is 0.379. The fraction of sp³-hybridized carbons (Fsp3) is 0.238. The number of carbonyl (C=O) groups excluding carboxylic acids is 2. The number of amides is 2. The third-order valence-electron chi connectivity index (χ3n) is 9.16. The van der Waals surface area contributed by atoms with Crippen LogP contribution in [0.4, 0.5) is 13.2 Å². The molecule has 1 fully saturated rings. The van der Waals surface area contributed by atoms with Crippen LogP contribution in [0.5, 0.6) is 0 Å². The van der Waals surface area contributed by atoms with Gasteiger partial charge in [0.15, 0.2) is 0 Å². The lowest BCUT2D eigenvalue weighted by Gasteiger charge is -2.39. The number of aromatic nitrogens is 2. The Bertz CT molecular complexity index is 1960. The average Bonchev–Trinajstić information content (AvgIpc) is 3.16. The van der Waals surface area contributed by atoms with Gasteiger partial charge in [0.05, 0.1) is 17.0 Å². The van der Waals surface area contributed by atoms with E-state index in [4.69, 9.17) is 0 Å². The van der Waals surface area contributed by atoms with Crippen molar-refractivity contribution in [2.45, 2.75) is 38.7 Å². The van der Waals surface area contributed by atoms with E-state index in [1.807, 2.05) is 103 Å². The Labute approximate surface area is 302 Å². The van der Waals surface area contributed by atoms with E-state index in [0.717, 1.165) is 45.9 Å². The van der Waals surface area contributed by atoms with Gasteiger partial charge in [0.1, 0.15) is 6.04 Å². The molecule has 5 aromatic rings. The molecule has 0 spiro atoms. The normalized spacial score (nSPS) is 14.3. The molecular formula is C42H40F3N5O2. The van der Waals surface area contributed by atoms with Crippen molar-refractivity contribution in [1.29, 1.82) is 0 Å². The van der Waals surface area contributed by atoms with Gasteiger partial charge in [-0.1, -0.05) is 78.9 Å². The van der Waals surface area contributed by atoms with Gasteiger partial charge in [-0.15, -0.1) is 0 Å². The average molecular weight is 704 g/mol. The number of carbonyl (C=O) groups is 2. The number of hydrogen-bond acceptors (Lipinski definition) is 5. The highest BCUT2D eigenvalue weighted by Gasteiger charge is 2.34. The van der Waals surface area contributed by atoms with Crippen molar-refractivity contribution in [3.8, 4) is 11.3 Å². The van der Waals surface area contributed by atoms with E-state index in [9.17, 15) is 22.8 Å². The molecule has 3 heterocycles. The number of halogens is 3. The first kappa shape index (κ1) is 36.2. The summed E-state index contributed by atoms with van der Waals surface area (Å²) >= 11 is 0. The molecule has 0 saturated carbocycles. The van der Waals surface area contributed by atoms with E-state index in [0.29, 0.717) is 44.7 Å². The minimum atomic E-state index is -4.46. The van der Waals surface area contributed by atoms with Crippen molar-refractivity contribution < 1.29 is 22.8 Å². The fourth-order valence-corrected chi connectivity index (χ4v) is 6.32. The molecule has 1 atom stereocenters. The van der Waals surface area contributed by atoms with E-state index in [-0.39, 0.29) is 12.5 Å². The van der Waals surface area contributed by atoms with E-state index in [1.165, 1.54) is 24.3 Å². The van der Waals surface area contributed by atoms with Crippen molar-refractivity contribution in [2.75, 3.05) is 26.2 Å². The summed E-state index contributed by atoms with van der Waals surface area (Å²) in [4.78, 5) is 43.5. The van der Waals surface area contributed by atoms with Crippen molar-refractivity contribution in [2.24, 2.45) is 0 Å². The Morgan fingerprint density at radius 1 is 0.808 bits per heavy atom. The number of nitrogens with zero attached hydrogens (tertiary/aromatic N) is 5.